The van der Waals surface area contributed by atoms with E-state index in [9.17, 15) is 14.0 Å². The Balaban J connectivity index is 1.25. The third-order valence-corrected chi connectivity index (χ3v) is 6.33. The topological polar surface area (TPSA) is 106 Å². The lowest BCUT2D eigenvalue weighted by molar-refractivity contribution is -0.117. The summed E-state index contributed by atoms with van der Waals surface area (Å²) in [6.45, 7) is 2.57. The van der Waals surface area contributed by atoms with E-state index in [-0.39, 0.29) is 17.7 Å². The molecule has 2 amide bonds. The molecule has 10 heteroatoms. The molecular formula is C24H21FN6O3. The number of hydrogen-bond acceptors (Lipinski definition) is 6. The molecule has 1 saturated heterocycles. The number of alkyl halides is 1. The van der Waals surface area contributed by atoms with Gasteiger partial charge < -0.3 is 14.7 Å². The molecule has 1 saturated carbocycles. The molecule has 172 valence electrons. The third-order valence-electron chi connectivity index (χ3n) is 6.33. The van der Waals surface area contributed by atoms with Gasteiger partial charge in [0.15, 0.2) is 0 Å². The van der Waals surface area contributed by atoms with Crippen molar-refractivity contribution < 1.29 is 18.5 Å². The van der Waals surface area contributed by atoms with Crippen LogP contribution in [0, 0.1) is 6.92 Å². The molecule has 4 heterocycles. The number of fused-ring (bicyclic) bond motifs is 1. The molecule has 0 radical (unpaired) electrons. The average Bonchev–Trinajstić information content (AvgIpc) is 3.25. The van der Waals surface area contributed by atoms with Crippen LogP contribution >= 0.6 is 0 Å². The number of amides is 2. The fourth-order valence-corrected chi connectivity index (χ4v) is 4.23. The van der Waals surface area contributed by atoms with Gasteiger partial charge in [-0.1, -0.05) is 17.3 Å². The van der Waals surface area contributed by atoms with Crippen LogP contribution in [-0.4, -0.2) is 44.1 Å². The highest BCUT2D eigenvalue weighted by Crippen LogP contribution is 2.43. The first-order valence-electron chi connectivity index (χ1n) is 11.2. The van der Waals surface area contributed by atoms with Gasteiger partial charge in [0, 0.05) is 42.2 Å². The molecule has 1 aliphatic carbocycles. The summed E-state index contributed by atoms with van der Waals surface area (Å²) in [6.07, 6.45) is 4.14. The summed E-state index contributed by atoms with van der Waals surface area (Å²) in [7, 11) is 0. The Morgan fingerprint density at radius 1 is 1.26 bits per heavy atom. The van der Waals surface area contributed by atoms with Gasteiger partial charge in [0.2, 0.25) is 17.6 Å². The standard InChI is InChI=1S/C24H21FN6O3/c1-13-4-5-14(22-28-24(34-29-22)16-11-17(16)25)9-18(13)27-23(33)19-12-26-20-10-15(6-8-31(19)20)30-7-2-3-21(30)32/h4-6,8-10,12,16-17H,2-3,7,11H2,1H3,(H,27,33)/t16-,17-/m0/s1. The third kappa shape index (κ3) is 3.51. The number of nitrogens with one attached hydrogen (secondary N) is 1. The van der Waals surface area contributed by atoms with Crippen molar-refractivity contribution in [1.82, 2.24) is 19.5 Å². The van der Waals surface area contributed by atoms with E-state index in [1.165, 1.54) is 6.20 Å². The number of nitrogens with zero attached hydrogens (tertiary/aromatic N) is 5. The van der Waals surface area contributed by atoms with E-state index in [0.29, 0.717) is 53.7 Å². The van der Waals surface area contributed by atoms with E-state index in [0.717, 1.165) is 17.7 Å². The number of aromatic nitrogens is 4. The van der Waals surface area contributed by atoms with Crippen LogP contribution in [-0.2, 0) is 4.79 Å². The van der Waals surface area contributed by atoms with E-state index >= 15 is 0 Å². The highest BCUT2D eigenvalue weighted by molar-refractivity contribution is 6.04. The smallest absolute Gasteiger partial charge is 0.274 e. The van der Waals surface area contributed by atoms with Crippen LogP contribution in [0.3, 0.4) is 0 Å². The first kappa shape index (κ1) is 20.5. The maximum Gasteiger partial charge on any atom is 0.274 e. The summed E-state index contributed by atoms with van der Waals surface area (Å²) in [4.78, 5) is 35.5. The van der Waals surface area contributed by atoms with Gasteiger partial charge in [-0.05, 0) is 37.5 Å². The summed E-state index contributed by atoms with van der Waals surface area (Å²) in [5.41, 5.74) is 3.83. The van der Waals surface area contributed by atoms with Gasteiger partial charge in [0.25, 0.3) is 5.91 Å². The van der Waals surface area contributed by atoms with Crippen LogP contribution in [0.1, 0.15) is 47.1 Å². The van der Waals surface area contributed by atoms with Crippen molar-refractivity contribution in [3.63, 3.8) is 0 Å². The molecule has 6 rings (SSSR count). The summed E-state index contributed by atoms with van der Waals surface area (Å²) >= 11 is 0. The van der Waals surface area contributed by atoms with Crippen molar-refractivity contribution >= 4 is 28.8 Å². The average molecular weight is 460 g/mol. The Morgan fingerprint density at radius 2 is 2.12 bits per heavy atom. The fraction of sp³-hybridized carbons (Fsp3) is 0.292. The maximum absolute atomic E-state index is 13.3. The summed E-state index contributed by atoms with van der Waals surface area (Å²) < 4.78 is 20.2. The van der Waals surface area contributed by atoms with Crippen molar-refractivity contribution in [3.8, 4) is 11.4 Å². The molecule has 1 aliphatic heterocycles. The molecule has 4 aromatic rings. The molecule has 0 spiro atoms. The van der Waals surface area contributed by atoms with Crippen LogP contribution in [0.25, 0.3) is 17.0 Å². The van der Waals surface area contributed by atoms with Crippen molar-refractivity contribution in [2.45, 2.75) is 38.3 Å². The van der Waals surface area contributed by atoms with Gasteiger partial charge in [-0.3, -0.25) is 14.0 Å². The van der Waals surface area contributed by atoms with E-state index in [1.807, 2.05) is 31.2 Å². The Hall–Kier alpha value is -4.08. The molecule has 1 aromatic carbocycles. The number of carbonyl (C=O) groups excluding carboxylic acids is 2. The van der Waals surface area contributed by atoms with Crippen LogP contribution in [0.15, 0.2) is 47.2 Å². The van der Waals surface area contributed by atoms with Crippen LogP contribution in [0.4, 0.5) is 15.8 Å². The lowest BCUT2D eigenvalue weighted by atomic mass is 10.1. The molecule has 3 aromatic heterocycles. The lowest BCUT2D eigenvalue weighted by Gasteiger charge is -2.15. The largest absolute Gasteiger partial charge is 0.339 e. The summed E-state index contributed by atoms with van der Waals surface area (Å²) in [5.74, 6) is 0.104. The van der Waals surface area contributed by atoms with E-state index in [1.54, 1.807) is 21.6 Å². The van der Waals surface area contributed by atoms with Gasteiger partial charge in [-0.2, -0.15) is 4.98 Å². The van der Waals surface area contributed by atoms with Gasteiger partial charge in [-0.15, -0.1) is 0 Å². The maximum atomic E-state index is 13.3. The van der Waals surface area contributed by atoms with Crippen molar-refractivity contribution in [2.75, 3.05) is 16.8 Å². The molecule has 0 unspecified atom stereocenters. The van der Waals surface area contributed by atoms with E-state index < -0.39 is 6.17 Å². The predicted molar refractivity (Wildman–Crippen MR) is 121 cm³/mol. The summed E-state index contributed by atoms with van der Waals surface area (Å²) in [6, 6.07) is 9.07. The van der Waals surface area contributed by atoms with Crippen molar-refractivity contribution in [2.24, 2.45) is 0 Å². The monoisotopic (exact) mass is 460 g/mol. The zero-order valence-electron chi connectivity index (χ0n) is 18.4. The first-order valence-corrected chi connectivity index (χ1v) is 11.2. The van der Waals surface area contributed by atoms with Crippen molar-refractivity contribution in [1.29, 1.82) is 0 Å². The number of rotatable bonds is 5. The second-order valence-electron chi connectivity index (χ2n) is 8.70. The second kappa shape index (κ2) is 7.75. The Labute approximate surface area is 193 Å². The number of carbonyl (C=O) groups is 2. The van der Waals surface area contributed by atoms with Gasteiger partial charge in [-0.25, -0.2) is 9.37 Å². The number of imidazole rings is 1. The quantitative estimate of drug-likeness (QED) is 0.484. The van der Waals surface area contributed by atoms with Gasteiger partial charge in [0.05, 0.1) is 12.1 Å². The molecule has 34 heavy (non-hydrogen) atoms. The number of hydrogen-bond donors (Lipinski definition) is 1. The number of aryl methyl sites for hydroxylation is 1. The Kier molecular flexibility index (Phi) is 4.68. The highest BCUT2D eigenvalue weighted by Gasteiger charge is 2.43. The van der Waals surface area contributed by atoms with E-state index in [2.05, 4.69) is 20.4 Å². The normalized spacial score (nSPS) is 19.7. The zero-order valence-corrected chi connectivity index (χ0v) is 18.4. The minimum atomic E-state index is -0.918. The molecule has 0 bridgehead atoms. The van der Waals surface area contributed by atoms with Gasteiger partial charge in [0.1, 0.15) is 17.5 Å². The SMILES string of the molecule is Cc1ccc(-c2noc([C@H]3C[C@@H]3F)n2)cc1NC(=O)c1cnc2cc(N3CCCC3=O)ccn12. The highest BCUT2D eigenvalue weighted by atomic mass is 19.1. The lowest BCUT2D eigenvalue weighted by Crippen LogP contribution is -2.23. The van der Waals surface area contributed by atoms with Crippen LogP contribution in [0.5, 0.6) is 0 Å². The second-order valence-corrected chi connectivity index (χ2v) is 8.70. The van der Waals surface area contributed by atoms with Crippen LogP contribution < -0.4 is 10.2 Å². The van der Waals surface area contributed by atoms with E-state index in [4.69, 9.17) is 4.52 Å². The molecule has 2 atom stereocenters. The molecule has 2 aliphatic rings. The van der Waals surface area contributed by atoms with Gasteiger partial charge >= 0.3 is 0 Å². The first-order chi connectivity index (χ1) is 16.5. The fourth-order valence-electron chi connectivity index (χ4n) is 4.23. The zero-order chi connectivity index (χ0) is 23.4. The van der Waals surface area contributed by atoms with Crippen molar-refractivity contribution in [3.05, 3.63) is 59.9 Å². The number of halogens is 1. The number of pyridine rings is 1. The number of anilines is 2. The van der Waals surface area contributed by atoms with Crippen LogP contribution in [0.2, 0.25) is 0 Å². The minimum absolute atomic E-state index is 0.0968. The predicted octanol–water partition coefficient (Wildman–Crippen LogP) is 3.90. The molecule has 9 nitrogen and oxygen atoms in total. The minimum Gasteiger partial charge on any atom is -0.339 e. The number of benzene rings is 1. The molecule has 1 N–H and O–H groups in total. The Morgan fingerprint density at radius 3 is 2.88 bits per heavy atom. The molecule has 2 fully saturated rings. The molecular weight excluding hydrogens is 439 g/mol. The Bertz CT molecular complexity index is 1440. The summed E-state index contributed by atoms with van der Waals surface area (Å²) in [5, 5.41) is 6.89.